The minimum absolute atomic E-state index is 0.0948. The molecule has 1 aromatic carbocycles. The molecule has 0 atom stereocenters. The van der Waals surface area contributed by atoms with Crippen LogP contribution < -0.4 is 5.73 Å². The van der Waals surface area contributed by atoms with Gasteiger partial charge in [-0.25, -0.2) is 8.42 Å². The maximum atomic E-state index is 12.5. The largest absolute Gasteiger partial charge is 0.402 e. The summed E-state index contributed by atoms with van der Waals surface area (Å²) in [5, 5.41) is 0. The van der Waals surface area contributed by atoms with Crippen molar-refractivity contribution in [3.63, 3.8) is 0 Å². The third-order valence-electron chi connectivity index (χ3n) is 2.42. The van der Waals surface area contributed by atoms with Crippen LogP contribution >= 0.6 is 15.9 Å². The van der Waals surface area contributed by atoms with Crippen LogP contribution in [0, 0.1) is 0 Å². The third kappa shape index (κ3) is 4.35. The molecule has 0 aliphatic rings. The lowest BCUT2D eigenvalue weighted by Crippen LogP contribution is -2.39. The van der Waals surface area contributed by atoms with Gasteiger partial charge in [0.25, 0.3) is 0 Å². The standard InChI is InChI=1S/C11H14BrF3N2O2S/c1-2-5-17(7-11(13,14)15)20(18,19)10-4-3-8(12)6-9(10)16/h3-4,6H,2,5,7,16H2,1H3. The molecule has 0 unspecified atom stereocenters. The first-order chi connectivity index (χ1) is 9.08. The number of hydrogen-bond acceptors (Lipinski definition) is 3. The summed E-state index contributed by atoms with van der Waals surface area (Å²) in [6.07, 6.45) is -4.34. The van der Waals surface area contributed by atoms with E-state index in [9.17, 15) is 21.6 Å². The van der Waals surface area contributed by atoms with Gasteiger partial charge in [-0.2, -0.15) is 17.5 Å². The van der Waals surface area contributed by atoms with Crippen LogP contribution in [-0.4, -0.2) is 32.0 Å². The minimum Gasteiger partial charge on any atom is -0.398 e. The average Bonchev–Trinajstić information content (AvgIpc) is 2.26. The molecule has 4 nitrogen and oxygen atoms in total. The molecule has 0 saturated carbocycles. The second-order valence-corrected chi connectivity index (χ2v) is 6.96. The van der Waals surface area contributed by atoms with Crippen LogP contribution in [0.15, 0.2) is 27.6 Å². The molecule has 0 amide bonds. The minimum atomic E-state index is -4.60. The van der Waals surface area contributed by atoms with Gasteiger partial charge in [0.1, 0.15) is 11.4 Å². The molecular formula is C11H14BrF3N2O2S. The van der Waals surface area contributed by atoms with Gasteiger partial charge in [0.15, 0.2) is 0 Å². The molecule has 0 heterocycles. The lowest BCUT2D eigenvalue weighted by atomic mass is 10.3. The topological polar surface area (TPSA) is 63.4 Å². The molecule has 0 aliphatic heterocycles. The van der Waals surface area contributed by atoms with Crippen molar-refractivity contribution in [1.82, 2.24) is 4.31 Å². The first-order valence-corrected chi connectivity index (χ1v) is 7.93. The monoisotopic (exact) mass is 374 g/mol. The molecule has 0 aliphatic carbocycles. The van der Waals surface area contributed by atoms with Crippen molar-refractivity contribution in [3.05, 3.63) is 22.7 Å². The summed E-state index contributed by atoms with van der Waals surface area (Å²) < 4.78 is 63.0. The fourth-order valence-corrected chi connectivity index (χ4v) is 3.62. The number of benzene rings is 1. The Labute approximate surface area is 123 Å². The normalized spacial score (nSPS) is 12.9. The highest BCUT2D eigenvalue weighted by molar-refractivity contribution is 9.10. The van der Waals surface area contributed by atoms with Gasteiger partial charge in [-0.05, 0) is 24.6 Å². The Balaban J connectivity index is 3.22. The molecule has 0 aromatic heterocycles. The van der Waals surface area contributed by atoms with Crippen LogP contribution in [0.25, 0.3) is 0 Å². The fourth-order valence-electron chi connectivity index (χ4n) is 1.63. The highest BCUT2D eigenvalue weighted by Crippen LogP contribution is 2.28. The van der Waals surface area contributed by atoms with E-state index in [0.29, 0.717) is 8.78 Å². The second-order valence-electron chi connectivity index (χ2n) is 4.14. The number of anilines is 1. The van der Waals surface area contributed by atoms with Crippen LogP contribution in [-0.2, 0) is 10.0 Å². The predicted molar refractivity (Wildman–Crippen MR) is 73.7 cm³/mol. The molecule has 0 spiro atoms. The Morgan fingerprint density at radius 2 is 1.95 bits per heavy atom. The van der Waals surface area contributed by atoms with Gasteiger partial charge < -0.3 is 5.73 Å². The van der Waals surface area contributed by atoms with E-state index in [1.165, 1.54) is 18.2 Å². The van der Waals surface area contributed by atoms with Crippen molar-refractivity contribution in [3.8, 4) is 0 Å². The van der Waals surface area contributed by atoms with Gasteiger partial charge in [-0.15, -0.1) is 0 Å². The number of nitrogens with two attached hydrogens (primary N) is 1. The summed E-state index contributed by atoms with van der Waals surface area (Å²) in [6.45, 7) is -0.153. The van der Waals surface area contributed by atoms with Crippen molar-refractivity contribution in [2.24, 2.45) is 0 Å². The van der Waals surface area contributed by atoms with Crippen LogP contribution in [0.2, 0.25) is 0 Å². The summed E-state index contributed by atoms with van der Waals surface area (Å²) in [5.74, 6) is 0. The zero-order valence-electron chi connectivity index (χ0n) is 10.6. The molecule has 1 rings (SSSR count). The van der Waals surface area contributed by atoms with E-state index in [4.69, 9.17) is 5.73 Å². The van der Waals surface area contributed by atoms with E-state index in [0.717, 1.165) is 0 Å². The zero-order chi connectivity index (χ0) is 15.6. The van der Waals surface area contributed by atoms with Gasteiger partial charge in [0.05, 0.1) is 5.69 Å². The van der Waals surface area contributed by atoms with Crippen molar-refractivity contribution in [1.29, 1.82) is 0 Å². The van der Waals surface area contributed by atoms with E-state index in [-0.39, 0.29) is 23.5 Å². The zero-order valence-corrected chi connectivity index (χ0v) is 13.0. The summed E-state index contributed by atoms with van der Waals surface area (Å²) in [4.78, 5) is -0.321. The molecule has 0 bridgehead atoms. The van der Waals surface area contributed by atoms with Gasteiger partial charge in [-0.1, -0.05) is 22.9 Å². The Morgan fingerprint density at radius 3 is 2.40 bits per heavy atom. The first-order valence-electron chi connectivity index (χ1n) is 5.70. The lowest BCUT2D eigenvalue weighted by Gasteiger charge is -2.23. The van der Waals surface area contributed by atoms with Crippen LogP contribution in [0.1, 0.15) is 13.3 Å². The Bertz CT molecular complexity index is 576. The summed E-state index contributed by atoms with van der Waals surface area (Å²) in [7, 11) is -4.28. The van der Waals surface area contributed by atoms with Gasteiger partial charge >= 0.3 is 6.18 Å². The quantitative estimate of drug-likeness (QED) is 0.805. The van der Waals surface area contributed by atoms with E-state index in [1.54, 1.807) is 6.92 Å². The molecule has 2 N–H and O–H groups in total. The number of alkyl halides is 3. The maximum absolute atomic E-state index is 12.5. The van der Waals surface area contributed by atoms with Crippen LogP contribution in [0.5, 0.6) is 0 Å². The maximum Gasteiger partial charge on any atom is 0.402 e. The van der Waals surface area contributed by atoms with Crippen molar-refractivity contribution < 1.29 is 21.6 Å². The van der Waals surface area contributed by atoms with Gasteiger partial charge in [0, 0.05) is 11.0 Å². The van der Waals surface area contributed by atoms with E-state index in [2.05, 4.69) is 15.9 Å². The van der Waals surface area contributed by atoms with Gasteiger partial charge in [0.2, 0.25) is 10.0 Å². The Morgan fingerprint density at radius 1 is 1.35 bits per heavy atom. The SMILES string of the molecule is CCCN(CC(F)(F)F)S(=O)(=O)c1ccc(Br)cc1N. The smallest absolute Gasteiger partial charge is 0.398 e. The fraction of sp³-hybridized carbons (Fsp3) is 0.455. The number of halogens is 4. The van der Waals surface area contributed by atoms with Crippen molar-refractivity contribution in [2.45, 2.75) is 24.4 Å². The highest BCUT2D eigenvalue weighted by atomic mass is 79.9. The number of nitrogens with zero attached hydrogens (tertiary/aromatic N) is 1. The lowest BCUT2D eigenvalue weighted by molar-refractivity contribution is -0.136. The molecule has 0 radical (unpaired) electrons. The van der Waals surface area contributed by atoms with E-state index in [1.807, 2.05) is 0 Å². The molecular weight excluding hydrogens is 361 g/mol. The molecule has 114 valence electrons. The molecule has 0 fully saturated rings. The third-order valence-corrected chi connectivity index (χ3v) is 4.83. The number of rotatable bonds is 5. The van der Waals surface area contributed by atoms with Gasteiger partial charge in [-0.3, -0.25) is 0 Å². The first kappa shape index (κ1) is 17.3. The Hall–Kier alpha value is -0.800. The highest BCUT2D eigenvalue weighted by Gasteiger charge is 2.37. The van der Waals surface area contributed by atoms with Crippen molar-refractivity contribution in [2.75, 3.05) is 18.8 Å². The van der Waals surface area contributed by atoms with E-state index < -0.39 is 22.7 Å². The number of hydrogen-bond donors (Lipinski definition) is 1. The summed E-state index contributed by atoms with van der Waals surface area (Å²) in [5.41, 5.74) is 5.49. The second kappa shape index (κ2) is 6.31. The van der Waals surface area contributed by atoms with Crippen LogP contribution in [0.3, 0.4) is 0 Å². The average molecular weight is 375 g/mol. The molecule has 1 aromatic rings. The van der Waals surface area contributed by atoms with Crippen molar-refractivity contribution >= 4 is 31.6 Å². The Kier molecular flexibility index (Phi) is 5.45. The number of nitrogen functional groups attached to an aromatic ring is 1. The molecule has 9 heteroatoms. The van der Waals surface area contributed by atoms with E-state index >= 15 is 0 Å². The number of sulfonamides is 1. The van der Waals surface area contributed by atoms with Crippen LogP contribution in [0.4, 0.5) is 18.9 Å². The summed E-state index contributed by atoms with van der Waals surface area (Å²) in [6, 6.07) is 3.94. The molecule has 0 saturated heterocycles. The molecule has 20 heavy (non-hydrogen) atoms. The summed E-state index contributed by atoms with van der Waals surface area (Å²) >= 11 is 3.11. The predicted octanol–water partition coefficient (Wildman–Crippen LogP) is 2.99.